The Kier molecular flexibility index (Phi) is 5.53. The van der Waals surface area contributed by atoms with Crippen LogP contribution in [0, 0.1) is 0 Å². The third-order valence-electron chi connectivity index (χ3n) is 3.50. The van der Waals surface area contributed by atoms with E-state index in [4.69, 9.17) is 16.7 Å². The number of carbonyl (C=O) groups excluding carboxylic acids is 1. The standard InChI is InChI=1S/C15H18ClNO3S/c1-10(14(18)17-7-3-2-4-8-17)21-11-5-6-13(16)12(9-11)15(19)20/h5-6,9-10H,2-4,7-8H2,1H3,(H,19,20). The maximum absolute atomic E-state index is 12.4. The van der Waals surface area contributed by atoms with Gasteiger partial charge in [-0.2, -0.15) is 0 Å². The smallest absolute Gasteiger partial charge is 0.337 e. The van der Waals surface area contributed by atoms with Gasteiger partial charge >= 0.3 is 5.97 Å². The van der Waals surface area contributed by atoms with Crippen LogP contribution in [0.2, 0.25) is 5.02 Å². The molecule has 1 aliphatic rings. The molecule has 1 aliphatic heterocycles. The Morgan fingerprint density at radius 1 is 1.29 bits per heavy atom. The van der Waals surface area contributed by atoms with E-state index in [0.29, 0.717) is 0 Å². The number of aromatic carboxylic acids is 1. The quantitative estimate of drug-likeness (QED) is 0.859. The van der Waals surface area contributed by atoms with E-state index in [9.17, 15) is 9.59 Å². The summed E-state index contributed by atoms with van der Waals surface area (Å²) in [5.41, 5.74) is 0.0688. The molecular weight excluding hydrogens is 310 g/mol. The molecule has 1 fully saturated rings. The maximum atomic E-state index is 12.4. The summed E-state index contributed by atoms with van der Waals surface area (Å²) in [6.07, 6.45) is 3.31. The van der Waals surface area contributed by atoms with E-state index in [1.807, 2.05) is 11.8 Å². The predicted molar refractivity (Wildman–Crippen MR) is 84.2 cm³/mol. The van der Waals surface area contributed by atoms with Gasteiger partial charge in [0.15, 0.2) is 0 Å². The van der Waals surface area contributed by atoms with Gasteiger partial charge in [-0.25, -0.2) is 4.79 Å². The number of halogens is 1. The second kappa shape index (κ2) is 7.18. The minimum absolute atomic E-state index is 0.0688. The molecule has 4 nitrogen and oxygen atoms in total. The number of carboxylic acids is 1. The highest BCUT2D eigenvalue weighted by Gasteiger charge is 2.23. The van der Waals surface area contributed by atoms with Crippen molar-refractivity contribution in [3.05, 3.63) is 28.8 Å². The number of carbonyl (C=O) groups is 2. The third-order valence-corrected chi connectivity index (χ3v) is 4.91. The number of thioether (sulfide) groups is 1. The van der Waals surface area contributed by atoms with Gasteiger partial charge in [0.2, 0.25) is 5.91 Å². The van der Waals surface area contributed by atoms with Crippen LogP contribution in [0.25, 0.3) is 0 Å². The molecule has 1 unspecified atom stereocenters. The maximum Gasteiger partial charge on any atom is 0.337 e. The van der Waals surface area contributed by atoms with Gasteiger partial charge in [-0.1, -0.05) is 11.6 Å². The van der Waals surface area contributed by atoms with Gasteiger partial charge in [0.25, 0.3) is 0 Å². The predicted octanol–water partition coefficient (Wildman–Crippen LogP) is 3.53. The van der Waals surface area contributed by atoms with Crippen molar-refractivity contribution in [2.45, 2.75) is 36.3 Å². The topological polar surface area (TPSA) is 57.6 Å². The zero-order valence-corrected chi connectivity index (χ0v) is 13.4. The molecule has 6 heteroatoms. The molecule has 0 saturated carbocycles. The number of hydrogen-bond donors (Lipinski definition) is 1. The molecule has 1 heterocycles. The van der Waals surface area contributed by atoms with Crippen LogP contribution >= 0.6 is 23.4 Å². The van der Waals surface area contributed by atoms with Gasteiger partial charge in [0, 0.05) is 18.0 Å². The minimum Gasteiger partial charge on any atom is -0.478 e. The molecule has 1 amide bonds. The molecule has 0 radical (unpaired) electrons. The molecule has 2 rings (SSSR count). The Labute approximate surface area is 133 Å². The highest BCUT2D eigenvalue weighted by atomic mass is 35.5. The Morgan fingerprint density at radius 2 is 1.95 bits per heavy atom. The number of benzene rings is 1. The average Bonchev–Trinajstić information content (AvgIpc) is 2.49. The molecule has 1 aromatic carbocycles. The van der Waals surface area contributed by atoms with E-state index in [1.165, 1.54) is 24.2 Å². The van der Waals surface area contributed by atoms with Gasteiger partial charge < -0.3 is 10.0 Å². The van der Waals surface area contributed by atoms with Crippen molar-refractivity contribution < 1.29 is 14.7 Å². The summed E-state index contributed by atoms with van der Waals surface area (Å²) in [6.45, 7) is 3.51. The van der Waals surface area contributed by atoms with Crippen LogP contribution in [-0.4, -0.2) is 40.2 Å². The number of nitrogens with zero attached hydrogens (tertiary/aromatic N) is 1. The summed E-state index contributed by atoms with van der Waals surface area (Å²) in [7, 11) is 0. The highest BCUT2D eigenvalue weighted by molar-refractivity contribution is 8.00. The van der Waals surface area contributed by atoms with Crippen LogP contribution in [0.3, 0.4) is 0 Å². The van der Waals surface area contributed by atoms with Crippen LogP contribution in [0.1, 0.15) is 36.5 Å². The summed E-state index contributed by atoms with van der Waals surface area (Å²) < 4.78 is 0. The fraction of sp³-hybridized carbons (Fsp3) is 0.467. The first kappa shape index (κ1) is 16.2. The first-order chi connectivity index (χ1) is 9.99. The molecule has 21 heavy (non-hydrogen) atoms. The van der Waals surface area contributed by atoms with Crippen molar-refractivity contribution in [3.63, 3.8) is 0 Å². The Bertz CT molecular complexity index is 544. The molecule has 1 saturated heterocycles. The highest BCUT2D eigenvalue weighted by Crippen LogP contribution is 2.29. The van der Waals surface area contributed by atoms with Crippen molar-refractivity contribution in [3.8, 4) is 0 Å². The zero-order chi connectivity index (χ0) is 15.4. The van der Waals surface area contributed by atoms with E-state index in [0.717, 1.165) is 30.8 Å². The molecule has 0 spiro atoms. The number of piperidine rings is 1. The van der Waals surface area contributed by atoms with Gasteiger partial charge in [0.05, 0.1) is 15.8 Å². The lowest BCUT2D eigenvalue weighted by atomic mass is 10.1. The molecule has 1 atom stereocenters. The zero-order valence-electron chi connectivity index (χ0n) is 11.8. The van der Waals surface area contributed by atoms with Gasteiger partial charge in [-0.05, 0) is 44.4 Å². The molecular formula is C15H18ClNO3S. The number of carboxylic acid groups (broad SMARTS) is 1. The van der Waals surface area contributed by atoms with Gasteiger partial charge in [-0.3, -0.25) is 4.79 Å². The fourth-order valence-corrected chi connectivity index (χ4v) is 3.56. The number of amides is 1. The van der Waals surface area contributed by atoms with Gasteiger partial charge in [-0.15, -0.1) is 11.8 Å². The first-order valence-electron chi connectivity index (χ1n) is 6.97. The van der Waals surface area contributed by atoms with E-state index in [-0.39, 0.29) is 21.7 Å². The first-order valence-corrected chi connectivity index (χ1v) is 8.23. The third kappa shape index (κ3) is 4.14. The van der Waals surface area contributed by atoms with Crippen LogP contribution in [0.15, 0.2) is 23.1 Å². The van der Waals surface area contributed by atoms with Crippen molar-refractivity contribution in [2.75, 3.05) is 13.1 Å². The summed E-state index contributed by atoms with van der Waals surface area (Å²) in [5.74, 6) is -0.941. The fourth-order valence-electron chi connectivity index (χ4n) is 2.37. The van der Waals surface area contributed by atoms with Crippen LogP contribution in [0.4, 0.5) is 0 Å². The lowest BCUT2D eigenvalue weighted by Crippen LogP contribution is -2.40. The summed E-state index contributed by atoms with van der Waals surface area (Å²) in [6, 6.07) is 4.83. The largest absolute Gasteiger partial charge is 0.478 e. The normalized spacial score (nSPS) is 16.6. The number of likely N-dealkylation sites (tertiary alicyclic amines) is 1. The van der Waals surface area contributed by atoms with E-state index >= 15 is 0 Å². The molecule has 1 N–H and O–H groups in total. The van der Waals surface area contributed by atoms with Crippen molar-refractivity contribution in [2.24, 2.45) is 0 Å². The SMILES string of the molecule is CC(Sc1ccc(Cl)c(C(=O)O)c1)C(=O)N1CCCCC1. The van der Waals surface area contributed by atoms with Crippen LogP contribution in [0.5, 0.6) is 0 Å². The average molecular weight is 328 g/mol. The van der Waals surface area contributed by atoms with Crippen molar-refractivity contribution >= 4 is 35.2 Å². The van der Waals surface area contributed by atoms with E-state index in [2.05, 4.69) is 0 Å². The Hall–Kier alpha value is -1.20. The molecule has 0 bridgehead atoms. The number of hydrogen-bond acceptors (Lipinski definition) is 3. The monoisotopic (exact) mass is 327 g/mol. The van der Waals surface area contributed by atoms with Crippen molar-refractivity contribution in [1.29, 1.82) is 0 Å². The molecule has 114 valence electrons. The summed E-state index contributed by atoms with van der Waals surface area (Å²) >= 11 is 7.22. The van der Waals surface area contributed by atoms with E-state index in [1.54, 1.807) is 12.1 Å². The van der Waals surface area contributed by atoms with Crippen molar-refractivity contribution in [1.82, 2.24) is 4.90 Å². The second-order valence-electron chi connectivity index (χ2n) is 5.09. The minimum atomic E-state index is -1.06. The lowest BCUT2D eigenvalue weighted by Gasteiger charge is -2.29. The van der Waals surface area contributed by atoms with Crippen LogP contribution in [-0.2, 0) is 4.79 Å². The molecule has 0 aromatic heterocycles. The van der Waals surface area contributed by atoms with E-state index < -0.39 is 5.97 Å². The summed E-state index contributed by atoms with van der Waals surface area (Å²) in [5, 5.41) is 9.05. The molecule has 0 aliphatic carbocycles. The Balaban J connectivity index is 2.05. The number of rotatable bonds is 4. The van der Waals surface area contributed by atoms with Gasteiger partial charge in [0.1, 0.15) is 0 Å². The summed E-state index contributed by atoms with van der Waals surface area (Å²) in [4.78, 5) is 26.1. The molecule has 1 aromatic rings. The van der Waals surface area contributed by atoms with Crippen LogP contribution < -0.4 is 0 Å². The second-order valence-corrected chi connectivity index (χ2v) is 6.91. The Morgan fingerprint density at radius 3 is 2.57 bits per heavy atom. The lowest BCUT2D eigenvalue weighted by molar-refractivity contribution is -0.131.